The SMILES string of the molecule is COC(=O)c1ccc(C)c(S(=O)(=O)N2CCC(CN)C2)c1. The van der Waals surface area contributed by atoms with Crippen molar-refractivity contribution in [2.75, 3.05) is 26.7 Å². The first-order valence-electron chi connectivity index (χ1n) is 6.79. The van der Waals surface area contributed by atoms with Crippen molar-refractivity contribution in [3.8, 4) is 0 Å². The summed E-state index contributed by atoms with van der Waals surface area (Å²) in [6.45, 7) is 3.09. The number of rotatable bonds is 4. The molecule has 0 radical (unpaired) electrons. The monoisotopic (exact) mass is 312 g/mol. The average Bonchev–Trinajstić information content (AvgIpc) is 2.96. The average molecular weight is 312 g/mol. The maximum absolute atomic E-state index is 12.7. The van der Waals surface area contributed by atoms with Gasteiger partial charge in [-0.25, -0.2) is 13.2 Å². The Morgan fingerprint density at radius 1 is 1.48 bits per heavy atom. The van der Waals surface area contributed by atoms with Gasteiger partial charge in [0.05, 0.1) is 17.6 Å². The Morgan fingerprint density at radius 3 is 2.76 bits per heavy atom. The number of aryl methyl sites for hydroxylation is 1. The van der Waals surface area contributed by atoms with Gasteiger partial charge in [0, 0.05) is 13.1 Å². The van der Waals surface area contributed by atoms with Crippen LogP contribution < -0.4 is 5.73 Å². The summed E-state index contributed by atoms with van der Waals surface area (Å²) in [4.78, 5) is 11.7. The zero-order valence-electron chi connectivity index (χ0n) is 12.2. The van der Waals surface area contributed by atoms with Gasteiger partial charge in [0.2, 0.25) is 10.0 Å². The summed E-state index contributed by atoms with van der Waals surface area (Å²) in [5.74, 6) is -0.350. The van der Waals surface area contributed by atoms with Crippen LogP contribution in [0.25, 0.3) is 0 Å². The number of benzene rings is 1. The molecule has 1 aromatic rings. The van der Waals surface area contributed by atoms with E-state index in [0.717, 1.165) is 6.42 Å². The van der Waals surface area contributed by atoms with Crippen LogP contribution in [0.5, 0.6) is 0 Å². The second kappa shape index (κ2) is 6.13. The van der Waals surface area contributed by atoms with Gasteiger partial charge in [-0.2, -0.15) is 4.31 Å². The van der Waals surface area contributed by atoms with E-state index in [9.17, 15) is 13.2 Å². The molecule has 116 valence electrons. The molecule has 1 aromatic carbocycles. The highest BCUT2D eigenvalue weighted by Crippen LogP contribution is 2.26. The molecule has 1 saturated heterocycles. The highest BCUT2D eigenvalue weighted by atomic mass is 32.2. The normalized spacial score (nSPS) is 19.7. The van der Waals surface area contributed by atoms with Gasteiger partial charge in [-0.05, 0) is 43.5 Å². The fourth-order valence-corrected chi connectivity index (χ4v) is 4.25. The molecule has 0 amide bonds. The summed E-state index contributed by atoms with van der Waals surface area (Å²) in [5, 5.41) is 0. The number of hydrogen-bond acceptors (Lipinski definition) is 5. The third-order valence-corrected chi connectivity index (χ3v) is 5.82. The number of hydrogen-bond donors (Lipinski definition) is 1. The Bertz CT molecular complexity index is 642. The molecule has 1 atom stereocenters. The molecular weight excluding hydrogens is 292 g/mol. The Balaban J connectivity index is 2.38. The van der Waals surface area contributed by atoms with E-state index >= 15 is 0 Å². The topological polar surface area (TPSA) is 89.7 Å². The van der Waals surface area contributed by atoms with Crippen LogP contribution in [0, 0.1) is 12.8 Å². The number of methoxy groups -OCH3 is 1. The number of ether oxygens (including phenoxy) is 1. The first kappa shape index (κ1) is 15.9. The Kier molecular flexibility index (Phi) is 4.65. The molecule has 2 N–H and O–H groups in total. The summed E-state index contributed by atoms with van der Waals surface area (Å²) in [6.07, 6.45) is 0.769. The van der Waals surface area contributed by atoms with Crippen LogP contribution in [0.2, 0.25) is 0 Å². The van der Waals surface area contributed by atoms with Gasteiger partial charge in [0.15, 0.2) is 0 Å². The maximum Gasteiger partial charge on any atom is 0.337 e. The third kappa shape index (κ3) is 3.09. The van der Waals surface area contributed by atoms with Crippen molar-refractivity contribution in [3.05, 3.63) is 29.3 Å². The van der Waals surface area contributed by atoms with Gasteiger partial charge in [-0.15, -0.1) is 0 Å². The van der Waals surface area contributed by atoms with Crippen molar-refractivity contribution in [2.45, 2.75) is 18.2 Å². The second-order valence-electron chi connectivity index (χ2n) is 5.23. The van der Waals surface area contributed by atoms with Gasteiger partial charge in [0.25, 0.3) is 0 Å². The van der Waals surface area contributed by atoms with E-state index in [0.29, 0.717) is 25.2 Å². The van der Waals surface area contributed by atoms with Crippen molar-refractivity contribution in [3.63, 3.8) is 0 Å². The Morgan fingerprint density at radius 2 is 2.19 bits per heavy atom. The lowest BCUT2D eigenvalue weighted by molar-refractivity contribution is 0.0600. The molecular formula is C14H20N2O4S. The van der Waals surface area contributed by atoms with E-state index < -0.39 is 16.0 Å². The zero-order chi connectivity index (χ0) is 15.6. The number of nitrogens with two attached hydrogens (primary N) is 1. The largest absolute Gasteiger partial charge is 0.465 e. The van der Waals surface area contributed by atoms with Crippen molar-refractivity contribution in [2.24, 2.45) is 11.7 Å². The lowest BCUT2D eigenvalue weighted by atomic mass is 10.1. The fourth-order valence-electron chi connectivity index (χ4n) is 2.47. The highest BCUT2D eigenvalue weighted by Gasteiger charge is 2.33. The minimum atomic E-state index is -3.61. The second-order valence-corrected chi connectivity index (χ2v) is 7.13. The molecule has 1 unspecified atom stereocenters. The number of sulfonamides is 1. The standard InChI is InChI=1S/C14H20N2O4S/c1-10-3-4-12(14(17)20-2)7-13(10)21(18,19)16-6-5-11(8-15)9-16/h3-4,7,11H,5-6,8-9,15H2,1-2H3. The van der Waals surface area contributed by atoms with E-state index in [2.05, 4.69) is 4.74 Å². The summed E-state index contributed by atoms with van der Waals surface area (Å²) in [7, 11) is -2.34. The van der Waals surface area contributed by atoms with E-state index in [4.69, 9.17) is 5.73 Å². The molecule has 21 heavy (non-hydrogen) atoms. The molecule has 6 nitrogen and oxygen atoms in total. The summed E-state index contributed by atoms with van der Waals surface area (Å²) in [6, 6.07) is 4.56. The quantitative estimate of drug-likeness (QED) is 0.829. The van der Waals surface area contributed by atoms with Crippen LogP contribution >= 0.6 is 0 Å². The van der Waals surface area contributed by atoms with Crippen LogP contribution in [-0.2, 0) is 14.8 Å². The minimum absolute atomic E-state index is 0.156. The van der Waals surface area contributed by atoms with Gasteiger partial charge in [0.1, 0.15) is 0 Å². The predicted molar refractivity (Wildman–Crippen MR) is 78.4 cm³/mol. The maximum atomic E-state index is 12.7. The molecule has 1 aliphatic heterocycles. The lowest BCUT2D eigenvalue weighted by Gasteiger charge is -2.18. The Hall–Kier alpha value is -1.44. The minimum Gasteiger partial charge on any atom is -0.465 e. The molecule has 0 bridgehead atoms. The number of nitrogens with zero attached hydrogens (tertiary/aromatic N) is 1. The summed E-state index contributed by atoms with van der Waals surface area (Å²) < 4.78 is 31.5. The van der Waals surface area contributed by atoms with Crippen molar-refractivity contribution < 1.29 is 17.9 Å². The summed E-state index contributed by atoms with van der Waals surface area (Å²) in [5.41, 5.74) is 6.45. The predicted octanol–water partition coefficient (Wildman–Crippen LogP) is 0.751. The van der Waals surface area contributed by atoms with Crippen LogP contribution in [0.3, 0.4) is 0 Å². The zero-order valence-corrected chi connectivity index (χ0v) is 13.0. The first-order valence-corrected chi connectivity index (χ1v) is 8.23. The molecule has 1 aliphatic rings. The third-order valence-electron chi connectivity index (χ3n) is 3.81. The van der Waals surface area contributed by atoms with Crippen LogP contribution in [-0.4, -0.2) is 45.4 Å². The fraction of sp³-hybridized carbons (Fsp3) is 0.500. The molecule has 2 rings (SSSR count). The van der Waals surface area contributed by atoms with Crippen LogP contribution in [0.15, 0.2) is 23.1 Å². The molecule has 0 aromatic heterocycles. The molecule has 1 heterocycles. The molecule has 0 saturated carbocycles. The lowest BCUT2D eigenvalue weighted by Crippen LogP contribution is -2.30. The van der Waals surface area contributed by atoms with Crippen molar-refractivity contribution in [1.29, 1.82) is 0 Å². The van der Waals surface area contributed by atoms with Gasteiger partial charge in [-0.3, -0.25) is 0 Å². The molecule has 0 spiro atoms. The molecule has 0 aliphatic carbocycles. The van der Waals surface area contributed by atoms with Gasteiger partial charge < -0.3 is 10.5 Å². The van der Waals surface area contributed by atoms with E-state index in [1.807, 2.05) is 0 Å². The first-order chi connectivity index (χ1) is 9.90. The highest BCUT2D eigenvalue weighted by molar-refractivity contribution is 7.89. The van der Waals surface area contributed by atoms with Crippen LogP contribution in [0.1, 0.15) is 22.3 Å². The van der Waals surface area contributed by atoms with Gasteiger partial charge >= 0.3 is 5.97 Å². The Labute approximate surface area is 124 Å². The van der Waals surface area contributed by atoms with E-state index in [1.54, 1.807) is 19.1 Å². The van der Waals surface area contributed by atoms with E-state index in [1.165, 1.54) is 17.5 Å². The number of carbonyl (C=O) groups excluding carboxylic acids is 1. The van der Waals surface area contributed by atoms with Crippen LogP contribution in [0.4, 0.5) is 0 Å². The van der Waals surface area contributed by atoms with Crippen molar-refractivity contribution >= 4 is 16.0 Å². The molecule has 1 fully saturated rings. The van der Waals surface area contributed by atoms with Gasteiger partial charge in [-0.1, -0.05) is 6.07 Å². The van der Waals surface area contributed by atoms with E-state index in [-0.39, 0.29) is 16.4 Å². The van der Waals surface area contributed by atoms with Crippen molar-refractivity contribution in [1.82, 2.24) is 4.31 Å². The smallest absolute Gasteiger partial charge is 0.337 e. The number of carbonyl (C=O) groups is 1. The number of esters is 1. The molecule has 7 heteroatoms. The summed E-state index contributed by atoms with van der Waals surface area (Å²) >= 11 is 0.